The predicted molar refractivity (Wildman–Crippen MR) is 111 cm³/mol. The number of benzene rings is 1. The third-order valence-corrected chi connectivity index (χ3v) is 6.97. The maximum absolute atomic E-state index is 13.1. The van der Waals surface area contributed by atoms with Gasteiger partial charge in [0.25, 0.3) is 5.91 Å². The third kappa shape index (κ3) is 4.32. The number of carbonyl (C=O) groups excluding carboxylic acids is 2. The monoisotopic (exact) mass is 426 g/mol. The number of hydrogen-bond acceptors (Lipinski definition) is 2. The van der Waals surface area contributed by atoms with Crippen molar-refractivity contribution < 1.29 is 14.5 Å². The zero-order valence-corrected chi connectivity index (χ0v) is 18.6. The number of carbonyl (C=O) groups is 2. The van der Waals surface area contributed by atoms with Crippen LogP contribution < -0.4 is 10.2 Å². The van der Waals surface area contributed by atoms with E-state index >= 15 is 0 Å². The molecule has 7 heteroatoms. The van der Waals surface area contributed by atoms with Crippen molar-refractivity contribution in [1.82, 2.24) is 10.2 Å². The van der Waals surface area contributed by atoms with E-state index in [0.717, 1.165) is 36.1 Å². The molecule has 1 atom stereocenters. The summed E-state index contributed by atoms with van der Waals surface area (Å²) in [5.74, 6) is 0.512. The highest BCUT2D eigenvalue weighted by Crippen LogP contribution is 2.43. The van der Waals surface area contributed by atoms with Gasteiger partial charge in [-0.05, 0) is 49.1 Å². The normalized spacial score (nSPS) is 26.6. The lowest BCUT2D eigenvalue weighted by Crippen LogP contribution is -3.09. The van der Waals surface area contributed by atoms with Crippen molar-refractivity contribution >= 4 is 35.1 Å². The van der Waals surface area contributed by atoms with Gasteiger partial charge < -0.3 is 10.2 Å². The standard InChI is InChI=1S/C21H29Cl2N3O2/c1-20(2,3)15-7-9-21(10-8-15)18(27)26(19(28)24-21)13-25(4)12-14-5-6-16(22)17(23)11-14/h5-6,11,15H,7-10,12-13H2,1-4H3,(H,24,28)/p+1. The topological polar surface area (TPSA) is 53.9 Å². The van der Waals surface area contributed by atoms with Gasteiger partial charge in [0.2, 0.25) is 0 Å². The average Bonchev–Trinajstić information content (AvgIpc) is 2.82. The van der Waals surface area contributed by atoms with Crippen LogP contribution in [0.4, 0.5) is 4.79 Å². The summed E-state index contributed by atoms with van der Waals surface area (Å²) < 4.78 is 0. The molecule has 28 heavy (non-hydrogen) atoms. The Bertz CT molecular complexity index is 767. The Balaban J connectivity index is 1.63. The van der Waals surface area contributed by atoms with E-state index in [4.69, 9.17) is 23.2 Å². The number of nitrogens with zero attached hydrogens (tertiary/aromatic N) is 1. The maximum Gasteiger partial charge on any atom is 0.329 e. The highest BCUT2D eigenvalue weighted by Gasteiger charge is 2.53. The molecule has 1 saturated carbocycles. The smallest absolute Gasteiger partial charge is 0.323 e. The molecule has 1 aromatic carbocycles. The summed E-state index contributed by atoms with van der Waals surface area (Å²) in [4.78, 5) is 28.1. The van der Waals surface area contributed by atoms with Crippen LogP contribution in [0.5, 0.6) is 0 Å². The summed E-state index contributed by atoms with van der Waals surface area (Å²) >= 11 is 12.1. The second-order valence-electron chi connectivity index (χ2n) is 9.43. The van der Waals surface area contributed by atoms with E-state index in [1.807, 2.05) is 19.2 Å². The van der Waals surface area contributed by atoms with Gasteiger partial charge in [0.15, 0.2) is 6.67 Å². The minimum absolute atomic E-state index is 0.0710. The SMILES string of the molecule is C[NH+](Cc1ccc(Cl)c(Cl)c1)CN1C(=O)NC2(CCC(C(C)(C)C)CC2)C1=O. The molecule has 0 aromatic heterocycles. The summed E-state index contributed by atoms with van der Waals surface area (Å²) in [5, 5.41) is 4.04. The molecule has 3 amide bonds. The van der Waals surface area contributed by atoms with Crippen LogP contribution >= 0.6 is 23.2 Å². The van der Waals surface area contributed by atoms with Gasteiger partial charge in [0, 0.05) is 5.56 Å². The molecule has 1 aromatic rings. The largest absolute Gasteiger partial charge is 0.329 e. The summed E-state index contributed by atoms with van der Waals surface area (Å²) in [7, 11) is 1.96. The number of quaternary nitrogens is 1. The number of amides is 3. The summed E-state index contributed by atoms with van der Waals surface area (Å²) in [6.07, 6.45) is 3.38. The average molecular weight is 427 g/mol. The van der Waals surface area contributed by atoms with E-state index in [1.54, 1.807) is 6.07 Å². The number of nitrogens with one attached hydrogen (secondary N) is 2. The molecule has 5 nitrogen and oxygen atoms in total. The van der Waals surface area contributed by atoms with Gasteiger partial charge in [-0.2, -0.15) is 0 Å². The summed E-state index contributed by atoms with van der Waals surface area (Å²) in [6.45, 7) is 7.72. The van der Waals surface area contributed by atoms with Crippen LogP contribution in [0, 0.1) is 11.3 Å². The quantitative estimate of drug-likeness (QED) is 0.723. The highest BCUT2D eigenvalue weighted by atomic mass is 35.5. The van der Waals surface area contributed by atoms with Crippen LogP contribution in [0.25, 0.3) is 0 Å². The Kier molecular flexibility index (Phi) is 6.00. The molecule has 2 N–H and O–H groups in total. The van der Waals surface area contributed by atoms with E-state index in [2.05, 4.69) is 26.1 Å². The first-order chi connectivity index (χ1) is 13.0. The van der Waals surface area contributed by atoms with Crippen LogP contribution in [-0.4, -0.2) is 36.1 Å². The van der Waals surface area contributed by atoms with Crippen molar-refractivity contribution in [3.63, 3.8) is 0 Å². The molecular weight excluding hydrogens is 397 g/mol. The number of rotatable bonds is 4. The van der Waals surface area contributed by atoms with Gasteiger partial charge in [-0.15, -0.1) is 0 Å². The van der Waals surface area contributed by atoms with Crippen molar-refractivity contribution in [2.24, 2.45) is 11.3 Å². The molecule has 1 unspecified atom stereocenters. The summed E-state index contributed by atoms with van der Waals surface area (Å²) in [6, 6.07) is 5.24. The molecule has 2 aliphatic rings. The van der Waals surface area contributed by atoms with Gasteiger partial charge >= 0.3 is 6.03 Å². The van der Waals surface area contributed by atoms with Crippen molar-refractivity contribution in [1.29, 1.82) is 0 Å². The lowest BCUT2D eigenvalue weighted by atomic mass is 9.67. The van der Waals surface area contributed by atoms with Crippen LogP contribution in [0.2, 0.25) is 10.0 Å². The van der Waals surface area contributed by atoms with Crippen LogP contribution in [0.3, 0.4) is 0 Å². The fourth-order valence-electron chi connectivity index (χ4n) is 4.46. The second kappa shape index (κ2) is 7.85. The van der Waals surface area contributed by atoms with Crippen molar-refractivity contribution in [2.45, 2.75) is 58.5 Å². The third-order valence-electron chi connectivity index (χ3n) is 6.23. The molecule has 2 fully saturated rings. The van der Waals surface area contributed by atoms with Crippen LogP contribution in [0.1, 0.15) is 52.0 Å². The Morgan fingerprint density at radius 2 is 1.82 bits per heavy atom. The maximum atomic E-state index is 13.1. The van der Waals surface area contributed by atoms with E-state index in [-0.39, 0.29) is 17.4 Å². The van der Waals surface area contributed by atoms with E-state index in [0.29, 0.717) is 29.2 Å². The number of imide groups is 1. The first-order valence-corrected chi connectivity index (χ1v) is 10.7. The summed E-state index contributed by atoms with van der Waals surface area (Å²) in [5.41, 5.74) is 0.541. The minimum Gasteiger partial charge on any atom is -0.323 e. The van der Waals surface area contributed by atoms with Gasteiger partial charge in [-0.1, -0.05) is 50.0 Å². The molecule has 1 heterocycles. The van der Waals surface area contributed by atoms with Crippen molar-refractivity contribution in [3.05, 3.63) is 33.8 Å². The number of urea groups is 1. The Morgan fingerprint density at radius 1 is 1.18 bits per heavy atom. The lowest BCUT2D eigenvalue weighted by molar-refractivity contribution is -0.901. The van der Waals surface area contributed by atoms with Gasteiger partial charge in [-0.3, -0.25) is 4.79 Å². The first kappa shape index (κ1) is 21.4. The van der Waals surface area contributed by atoms with Crippen LogP contribution in [-0.2, 0) is 11.3 Å². The zero-order valence-electron chi connectivity index (χ0n) is 17.1. The number of hydrogen-bond donors (Lipinski definition) is 2. The molecule has 1 aliphatic carbocycles. The molecule has 1 aliphatic heterocycles. The van der Waals surface area contributed by atoms with Gasteiger partial charge in [0.05, 0.1) is 17.1 Å². The molecular formula is C21H30Cl2N3O2+. The van der Waals surface area contributed by atoms with Gasteiger partial charge in [-0.25, -0.2) is 9.69 Å². The van der Waals surface area contributed by atoms with E-state index < -0.39 is 5.54 Å². The molecule has 0 bridgehead atoms. The predicted octanol–water partition coefficient (Wildman–Crippen LogP) is 3.49. The second-order valence-corrected chi connectivity index (χ2v) is 10.2. The Morgan fingerprint density at radius 3 is 2.39 bits per heavy atom. The molecule has 1 spiro atoms. The fourth-order valence-corrected chi connectivity index (χ4v) is 4.78. The van der Waals surface area contributed by atoms with Crippen molar-refractivity contribution in [2.75, 3.05) is 13.7 Å². The molecule has 0 radical (unpaired) electrons. The van der Waals surface area contributed by atoms with E-state index in [9.17, 15) is 9.59 Å². The molecule has 1 saturated heterocycles. The highest BCUT2D eigenvalue weighted by molar-refractivity contribution is 6.42. The number of halogens is 2. The molecule has 3 rings (SSSR count). The lowest BCUT2D eigenvalue weighted by Gasteiger charge is -2.40. The van der Waals surface area contributed by atoms with Crippen LogP contribution in [0.15, 0.2) is 18.2 Å². The van der Waals surface area contributed by atoms with E-state index in [1.165, 1.54) is 4.90 Å². The fraction of sp³-hybridized carbons (Fsp3) is 0.619. The zero-order chi connectivity index (χ0) is 20.7. The Labute approximate surface area is 177 Å². The first-order valence-electron chi connectivity index (χ1n) is 9.91. The molecule has 154 valence electrons. The Hall–Kier alpha value is -1.30. The van der Waals surface area contributed by atoms with Crippen molar-refractivity contribution in [3.8, 4) is 0 Å². The minimum atomic E-state index is -0.706. The van der Waals surface area contributed by atoms with Gasteiger partial charge in [0.1, 0.15) is 12.1 Å².